The highest BCUT2D eigenvalue weighted by molar-refractivity contribution is 5.62. The first-order valence-corrected chi connectivity index (χ1v) is 5.83. The van der Waals surface area contributed by atoms with Crippen molar-refractivity contribution in [3.8, 4) is 11.4 Å². The van der Waals surface area contributed by atoms with Crippen molar-refractivity contribution >= 4 is 0 Å². The number of nitrogens with zero attached hydrogens (tertiary/aromatic N) is 2. The minimum absolute atomic E-state index is 1.08. The maximum absolute atomic E-state index is 4.50. The van der Waals surface area contributed by atoms with E-state index in [1.807, 2.05) is 24.5 Å². The Balaban J connectivity index is 2.22. The van der Waals surface area contributed by atoms with Crippen LogP contribution in [0.2, 0.25) is 0 Å². The molecule has 0 aliphatic heterocycles. The molecule has 16 heavy (non-hydrogen) atoms. The van der Waals surface area contributed by atoms with Crippen molar-refractivity contribution in [3.05, 3.63) is 47.8 Å². The minimum Gasteiger partial charge on any atom is -0.254 e. The van der Waals surface area contributed by atoms with E-state index >= 15 is 0 Å². The van der Waals surface area contributed by atoms with Gasteiger partial charge < -0.3 is 0 Å². The standard InChI is InChI=1S/C14H14N2/c1-2-6-12-8-4-10-16-14(12)13-11(5-1)7-3-9-15-13/h3-4,7-10H,1-2,5-6H2. The molecule has 2 heteroatoms. The summed E-state index contributed by atoms with van der Waals surface area (Å²) in [6.07, 6.45) is 8.45. The van der Waals surface area contributed by atoms with Crippen molar-refractivity contribution in [1.29, 1.82) is 0 Å². The molecular formula is C14H14N2. The molecule has 0 amide bonds. The Hall–Kier alpha value is -1.70. The van der Waals surface area contributed by atoms with Crippen LogP contribution in [-0.4, -0.2) is 9.97 Å². The fraction of sp³-hybridized carbons (Fsp3) is 0.286. The molecule has 3 rings (SSSR count). The number of hydrogen-bond donors (Lipinski definition) is 0. The lowest BCUT2D eigenvalue weighted by Gasteiger charge is -2.14. The van der Waals surface area contributed by atoms with E-state index in [-0.39, 0.29) is 0 Å². The maximum atomic E-state index is 4.50. The third-order valence-corrected chi connectivity index (χ3v) is 3.15. The molecule has 0 aromatic carbocycles. The zero-order valence-electron chi connectivity index (χ0n) is 9.19. The van der Waals surface area contributed by atoms with Crippen LogP contribution in [0.4, 0.5) is 0 Å². The lowest BCUT2D eigenvalue weighted by atomic mass is 9.95. The number of aryl methyl sites for hydroxylation is 2. The molecule has 0 unspecified atom stereocenters. The molecule has 1 aliphatic carbocycles. The van der Waals surface area contributed by atoms with E-state index in [4.69, 9.17) is 0 Å². The summed E-state index contributed by atoms with van der Waals surface area (Å²) in [6, 6.07) is 8.38. The van der Waals surface area contributed by atoms with Crippen LogP contribution < -0.4 is 0 Å². The van der Waals surface area contributed by atoms with Gasteiger partial charge in [-0.25, -0.2) is 0 Å². The Morgan fingerprint density at radius 1 is 0.750 bits per heavy atom. The van der Waals surface area contributed by atoms with Gasteiger partial charge in [-0.05, 0) is 48.9 Å². The van der Waals surface area contributed by atoms with Crippen LogP contribution in [0, 0.1) is 0 Å². The molecule has 2 aromatic heterocycles. The van der Waals surface area contributed by atoms with Gasteiger partial charge in [0.15, 0.2) is 0 Å². The molecule has 1 aliphatic rings. The second-order valence-corrected chi connectivity index (χ2v) is 4.23. The molecule has 0 radical (unpaired) electrons. The van der Waals surface area contributed by atoms with Crippen LogP contribution in [0.1, 0.15) is 24.0 Å². The maximum Gasteiger partial charge on any atom is 0.0920 e. The summed E-state index contributed by atoms with van der Waals surface area (Å²) < 4.78 is 0. The third-order valence-electron chi connectivity index (χ3n) is 3.15. The van der Waals surface area contributed by atoms with E-state index < -0.39 is 0 Å². The van der Waals surface area contributed by atoms with E-state index in [0.29, 0.717) is 0 Å². The van der Waals surface area contributed by atoms with Gasteiger partial charge in [0.05, 0.1) is 11.4 Å². The van der Waals surface area contributed by atoms with E-state index in [1.54, 1.807) is 0 Å². The van der Waals surface area contributed by atoms with Crippen LogP contribution >= 0.6 is 0 Å². The molecule has 0 atom stereocenters. The fourth-order valence-electron chi connectivity index (χ4n) is 2.34. The van der Waals surface area contributed by atoms with Gasteiger partial charge in [0.1, 0.15) is 0 Å². The molecule has 2 nitrogen and oxygen atoms in total. The van der Waals surface area contributed by atoms with E-state index in [1.165, 1.54) is 24.0 Å². The van der Waals surface area contributed by atoms with Crippen molar-refractivity contribution in [3.63, 3.8) is 0 Å². The quantitative estimate of drug-likeness (QED) is 0.668. The summed E-state index contributed by atoms with van der Waals surface area (Å²) in [7, 11) is 0. The lowest BCUT2D eigenvalue weighted by Crippen LogP contribution is -2.03. The summed E-state index contributed by atoms with van der Waals surface area (Å²) in [5.74, 6) is 0. The van der Waals surface area contributed by atoms with E-state index in [0.717, 1.165) is 24.2 Å². The number of pyridine rings is 2. The van der Waals surface area contributed by atoms with Crippen molar-refractivity contribution in [2.24, 2.45) is 0 Å². The minimum atomic E-state index is 1.08. The summed E-state index contributed by atoms with van der Waals surface area (Å²) in [4.78, 5) is 9.00. The van der Waals surface area contributed by atoms with Crippen molar-refractivity contribution in [2.75, 3.05) is 0 Å². The van der Waals surface area contributed by atoms with Crippen LogP contribution in [0.5, 0.6) is 0 Å². The van der Waals surface area contributed by atoms with Gasteiger partial charge in [-0.3, -0.25) is 9.97 Å². The topological polar surface area (TPSA) is 25.8 Å². The lowest BCUT2D eigenvalue weighted by molar-refractivity contribution is 0.724. The predicted octanol–water partition coefficient (Wildman–Crippen LogP) is 3.02. The largest absolute Gasteiger partial charge is 0.254 e. The molecule has 0 bridgehead atoms. The van der Waals surface area contributed by atoms with Crippen LogP contribution in [-0.2, 0) is 12.8 Å². The highest BCUT2D eigenvalue weighted by Crippen LogP contribution is 2.27. The smallest absolute Gasteiger partial charge is 0.0920 e. The van der Waals surface area contributed by atoms with Crippen molar-refractivity contribution < 1.29 is 0 Å². The van der Waals surface area contributed by atoms with Gasteiger partial charge >= 0.3 is 0 Å². The van der Waals surface area contributed by atoms with E-state index in [9.17, 15) is 0 Å². The summed E-state index contributed by atoms with van der Waals surface area (Å²) in [5.41, 5.74) is 4.83. The Kier molecular flexibility index (Phi) is 2.41. The fourth-order valence-corrected chi connectivity index (χ4v) is 2.34. The zero-order chi connectivity index (χ0) is 10.8. The Morgan fingerprint density at radius 3 is 1.75 bits per heavy atom. The average Bonchev–Trinajstić information content (AvgIpc) is 2.33. The normalized spacial score (nSPS) is 14.5. The van der Waals surface area contributed by atoms with Crippen LogP contribution in [0.25, 0.3) is 11.4 Å². The SMILES string of the molecule is c1cnc2c(c1)CCCCc1cccnc1-2. The molecule has 0 saturated heterocycles. The number of hydrogen-bond acceptors (Lipinski definition) is 2. The highest BCUT2D eigenvalue weighted by atomic mass is 14.8. The average molecular weight is 210 g/mol. The molecular weight excluding hydrogens is 196 g/mol. The molecule has 80 valence electrons. The van der Waals surface area contributed by atoms with Gasteiger partial charge in [0.2, 0.25) is 0 Å². The zero-order valence-corrected chi connectivity index (χ0v) is 9.19. The monoisotopic (exact) mass is 210 g/mol. The first kappa shape index (κ1) is 9.52. The van der Waals surface area contributed by atoms with Gasteiger partial charge in [-0.1, -0.05) is 12.1 Å². The first-order chi connectivity index (χ1) is 7.95. The Labute approximate surface area is 95.4 Å². The second-order valence-electron chi connectivity index (χ2n) is 4.23. The van der Waals surface area contributed by atoms with Crippen LogP contribution in [0.3, 0.4) is 0 Å². The predicted molar refractivity (Wildman–Crippen MR) is 64.1 cm³/mol. The summed E-state index contributed by atoms with van der Waals surface area (Å²) in [6.45, 7) is 0. The highest BCUT2D eigenvalue weighted by Gasteiger charge is 2.14. The first-order valence-electron chi connectivity index (χ1n) is 5.83. The van der Waals surface area contributed by atoms with Crippen molar-refractivity contribution in [1.82, 2.24) is 9.97 Å². The molecule has 0 fully saturated rings. The summed E-state index contributed by atoms with van der Waals surface area (Å²) >= 11 is 0. The molecule has 0 spiro atoms. The number of fused-ring (bicyclic) bond motifs is 3. The van der Waals surface area contributed by atoms with E-state index in [2.05, 4.69) is 22.1 Å². The van der Waals surface area contributed by atoms with Gasteiger partial charge in [0, 0.05) is 12.4 Å². The summed E-state index contributed by atoms with van der Waals surface area (Å²) in [5, 5.41) is 0. The number of aromatic nitrogens is 2. The van der Waals surface area contributed by atoms with Gasteiger partial charge in [0.25, 0.3) is 0 Å². The molecule has 0 saturated carbocycles. The Bertz CT molecular complexity index is 458. The molecule has 0 N–H and O–H groups in total. The molecule has 2 heterocycles. The van der Waals surface area contributed by atoms with Crippen LogP contribution in [0.15, 0.2) is 36.7 Å². The third kappa shape index (κ3) is 1.60. The van der Waals surface area contributed by atoms with Crippen molar-refractivity contribution in [2.45, 2.75) is 25.7 Å². The second kappa shape index (κ2) is 4.05. The molecule has 2 aromatic rings. The van der Waals surface area contributed by atoms with Gasteiger partial charge in [-0.2, -0.15) is 0 Å². The number of rotatable bonds is 0. The van der Waals surface area contributed by atoms with Gasteiger partial charge in [-0.15, -0.1) is 0 Å². The Morgan fingerprint density at radius 2 is 1.25 bits per heavy atom.